The third kappa shape index (κ3) is 2.56. The standard InChI is InChI=1S/C17H21N3O3S/c1-19-11-13(10-18-19)14(21)16(22)20-6-4-17(5-7-20)15-12(2-8-23-17)3-9-24-15/h3,9-11,14,21H,2,4-8H2,1H3. The third-order valence-electron chi connectivity index (χ3n) is 5.07. The number of nitrogens with zero attached hydrogens (tertiary/aromatic N) is 3. The van der Waals surface area contributed by atoms with Crippen LogP contribution in [0.3, 0.4) is 0 Å². The minimum Gasteiger partial charge on any atom is -0.378 e. The smallest absolute Gasteiger partial charge is 0.256 e. The Morgan fingerprint density at radius 1 is 1.46 bits per heavy atom. The second kappa shape index (κ2) is 5.98. The summed E-state index contributed by atoms with van der Waals surface area (Å²) in [6, 6.07) is 2.19. The molecule has 24 heavy (non-hydrogen) atoms. The Kier molecular flexibility index (Phi) is 3.94. The highest BCUT2D eigenvalue weighted by atomic mass is 32.1. The fraction of sp³-hybridized carbons (Fsp3) is 0.529. The fourth-order valence-electron chi connectivity index (χ4n) is 3.71. The molecule has 0 aromatic carbocycles. The molecule has 0 radical (unpaired) electrons. The van der Waals surface area contributed by atoms with Crippen molar-refractivity contribution in [1.29, 1.82) is 0 Å². The van der Waals surface area contributed by atoms with Crippen LogP contribution in [-0.4, -0.2) is 45.4 Å². The highest BCUT2D eigenvalue weighted by Crippen LogP contribution is 2.44. The number of thiophene rings is 1. The van der Waals surface area contributed by atoms with E-state index in [2.05, 4.69) is 16.5 Å². The van der Waals surface area contributed by atoms with Crippen molar-refractivity contribution in [1.82, 2.24) is 14.7 Å². The van der Waals surface area contributed by atoms with Gasteiger partial charge in [0.2, 0.25) is 0 Å². The SMILES string of the molecule is Cn1cc(C(O)C(=O)N2CCC3(CC2)OCCc2ccsc23)cn1. The Bertz CT molecular complexity index is 746. The van der Waals surface area contributed by atoms with Crippen LogP contribution in [0.2, 0.25) is 0 Å². The Morgan fingerprint density at radius 3 is 2.96 bits per heavy atom. The average molecular weight is 347 g/mol. The molecule has 1 atom stereocenters. The number of piperidine rings is 1. The van der Waals surface area contributed by atoms with Crippen molar-refractivity contribution in [3.05, 3.63) is 39.8 Å². The normalized spacial score (nSPS) is 20.8. The topological polar surface area (TPSA) is 67.6 Å². The second-order valence-electron chi connectivity index (χ2n) is 6.54. The summed E-state index contributed by atoms with van der Waals surface area (Å²) in [7, 11) is 1.77. The van der Waals surface area contributed by atoms with Crippen molar-refractivity contribution >= 4 is 17.2 Å². The van der Waals surface area contributed by atoms with Crippen molar-refractivity contribution in [3.8, 4) is 0 Å². The van der Waals surface area contributed by atoms with E-state index >= 15 is 0 Å². The van der Waals surface area contributed by atoms with E-state index in [0.29, 0.717) is 18.7 Å². The quantitative estimate of drug-likeness (QED) is 0.896. The van der Waals surface area contributed by atoms with Crippen molar-refractivity contribution in [3.63, 3.8) is 0 Å². The van der Waals surface area contributed by atoms with E-state index in [0.717, 1.165) is 25.9 Å². The maximum absolute atomic E-state index is 12.6. The van der Waals surface area contributed by atoms with E-state index < -0.39 is 6.10 Å². The predicted molar refractivity (Wildman–Crippen MR) is 89.6 cm³/mol. The van der Waals surface area contributed by atoms with E-state index in [1.54, 1.807) is 34.2 Å². The first-order chi connectivity index (χ1) is 11.6. The molecule has 2 aromatic heterocycles. The molecule has 1 saturated heterocycles. The number of likely N-dealkylation sites (tertiary alicyclic amines) is 1. The third-order valence-corrected chi connectivity index (χ3v) is 6.21. The van der Waals surface area contributed by atoms with E-state index in [1.807, 2.05) is 0 Å². The Labute approximate surface area is 144 Å². The summed E-state index contributed by atoms with van der Waals surface area (Å²) in [4.78, 5) is 15.6. The predicted octanol–water partition coefficient (Wildman–Crippen LogP) is 1.61. The fourth-order valence-corrected chi connectivity index (χ4v) is 4.88. The molecule has 0 saturated carbocycles. The molecule has 2 aliphatic heterocycles. The van der Waals surface area contributed by atoms with Crippen LogP contribution in [0.25, 0.3) is 0 Å². The van der Waals surface area contributed by atoms with Gasteiger partial charge in [0.05, 0.1) is 12.8 Å². The van der Waals surface area contributed by atoms with Crippen LogP contribution >= 0.6 is 11.3 Å². The molecule has 7 heteroatoms. The van der Waals surface area contributed by atoms with E-state index in [-0.39, 0.29) is 11.5 Å². The Morgan fingerprint density at radius 2 is 2.25 bits per heavy atom. The summed E-state index contributed by atoms with van der Waals surface area (Å²) in [5.74, 6) is -0.250. The number of rotatable bonds is 2. The molecule has 2 aliphatic rings. The molecule has 0 bridgehead atoms. The Balaban J connectivity index is 1.46. The molecular weight excluding hydrogens is 326 g/mol. The minimum absolute atomic E-state index is 0.238. The minimum atomic E-state index is -1.14. The molecule has 4 rings (SSSR count). The van der Waals surface area contributed by atoms with Crippen molar-refractivity contribution in [2.45, 2.75) is 31.0 Å². The first kappa shape index (κ1) is 15.8. The average Bonchev–Trinajstić information content (AvgIpc) is 3.24. The summed E-state index contributed by atoms with van der Waals surface area (Å²) < 4.78 is 7.75. The van der Waals surface area contributed by atoms with Gasteiger partial charge in [-0.1, -0.05) is 0 Å². The van der Waals surface area contributed by atoms with Crippen LogP contribution in [-0.2, 0) is 28.6 Å². The molecule has 1 unspecified atom stereocenters. The van der Waals surface area contributed by atoms with Gasteiger partial charge >= 0.3 is 0 Å². The summed E-state index contributed by atoms with van der Waals surface area (Å²) >= 11 is 1.76. The lowest BCUT2D eigenvalue weighted by atomic mass is 9.85. The van der Waals surface area contributed by atoms with Crippen LogP contribution in [0.5, 0.6) is 0 Å². The van der Waals surface area contributed by atoms with Crippen LogP contribution in [0.1, 0.15) is 34.9 Å². The number of amides is 1. The second-order valence-corrected chi connectivity index (χ2v) is 7.46. The first-order valence-electron chi connectivity index (χ1n) is 8.25. The number of aliphatic hydroxyl groups excluding tert-OH is 1. The van der Waals surface area contributed by atoms with Crippen LogP contribution in [0.15, 0.2) is 23.8 Å². The van der Waals surface area contributed by atoms with Gasteiger partial charge in [-0.25, -0.2) is 0 Å². The van der Waals surface area contributed by atoms with Crippen LogP contribution < -0.4 is 0 Å². The molecule has 1 N–H and O–H groups in total. The summed E-state index contributed by atoms with van der Waals surface area (Å²) in [6.45, 7) is 1.96. The van der Waals surface area contributed by atoms with Crippen molar-refractivity contribution in [2.24, 2.45) is 7.05 Å². The lowest BCUT2D eigenvalue weighted by Gasteiger charge is -2.44. The van der Waals surface area contributed by atoms with E-state index in [9.17, 15) is 9.90 Å². The highest BCUT2D eigenvalue weighted by molar-refractivity contribution is 7.10. The molecule has 1 spiro atoms. The summed E-state index contributed by atoms with van der Waals surface area (Å²) in [5.41, 5.74) is 1.69. The molecule has 128 valence electrons. The number of aryl methyl sites for hydroxylation is 1. The van der Waals surface area contributed by atoms with Crippen LogP contribution in [0.4, 0.5) is 0 Å². The van der Waals surface area contributed by atoms with Gasteiger partial charge in [0.25, 0.3) is 5.91 Å². The van der Waals surface area contributed by atoms with Gasteiger partial charge in [-0.2, -0.15) is 5.10 Å². The lowest BCUT2D eigenvalue weighted by molar-refractivity contribution is -0.148. The zero-order chi connectivity index (χ0) is 16.7. The van der Waals surface area contributed by atoms with Gasteiger partial charge in [-0.3, -0.25) is 9.48 Å². The van der Waals surface area contributed by atoms with E-state index in [1.165, 1.54) is 16.6 Å². The number of ether oxygens (including phenoxy) is 1. The molecule has 1 amide bonds. The molecule has 0 aliphatic carbocycles. The molecule has 6 nitrogen and oxygen atoms in total. The number of aromatic nitrogens is 2. The number of hydrogen-bond acceptors (Lipinski definition) is 5. The highest BCUT2D eigenvalue weighted by Gasteiger charge is 2.43. The zero-order valence-corrected chi connectivity index (χ0v) is 14.5. The monoisotopic (exact) mass is 347 g/mol. The van der Waals surface area contributed by atoms with Gasteiger partial charge in [-0.15, -0.1) is 11.3 Å². The van der Waals surface area contributed by atoms with Gasteiger partial charge in [0, 0.05) is 36.8 Å². The number of hydrogen-bond donors (Lipinski definition) is 1. The van der Waals surface area contributed by atoms with Gasteiger partial charge in [0.15, 0.2) is 6.10 Å². The number of carbonyl (C=O) groups excluding carboxylic acids is 1. The largest absolute Gasteiger partial charge is 0.378 e. The summed E-state index contributed by atoms with van der Waals surface area (Å²) in [5, 5.41) is 16.5. The van der Waals surface area contributed by atoms with Gasteiger partial charge in [-0.05, 0) is 36.3 Å². The molecule has 4 heterocycles. The molecular formula is C17H21N3O3S. The number of fused-ring (bicyclic) bond motifs is 2. The molecule has 1 fully saturated rings. The molecule has 2 aromatic rings. The maximum atomic E-state index is 12.6. The lowest BCUT2D eigenvalue weighted by Crippen LogP contribution is -2.49. The van der Waals surface area contributed by atoms with Crippen molar-refractivity contribution in [2.75, 3.05) is 19.7 Å². The van der Waals surface area contributed by atoms with Crippen molar-refractivity contribution < 1.29 is 14.6 Å². The van der Waals surface area contributed by atoms with Gasteiger partial charge < -0.3 is 14.7 Å². The number of carbonyl (C=O) groups is 1. The van der Waals surface area contributed by atoms with Gasteiger partial charge in [0.1, 0.15) is 5.60 Å². The maximum Gasteiger partial charge on any atom is 0.256 e. The number of aliphatic hydroxyl groups is 1. The van der Waals surface area contributed by atoms with Crippen LogP contribution in [0, 0.1) is 0 Å². The Hall–Kier alpha value is -1.70. The first-order valence-corrected chi connectivity index (χ1v) is 9.13. The zero-order valence-electron chi connectivity index (χ0n) is 13.6. The van der Waals surface area contributed by atoms with E-state index in [4.69, 9.17) is 4.74 Å². The summed E-state index contributed by atoms with van der Waals surface area (Å²) in [6.07, 6.45) is 4.62.